The van der Waals surface area contributed by atoms with E-state index in [-0.39, 0.29) is 11.4 Å². The summed E-state index contributed by atoms with van der Waals surface area (Å²) in [5.74, 6) is 0.517. The van der Waals surface area contributed by atoms with E-state index in [4.69, 9.17) is 4.52 Å². The Morgan fingerprint density at radius 3 is 2.48 bits per heavy atom. The van der Waals surface area contributed by atoms with Gasteiger partial charge in [0.1, 0.15) is 5.76 Å². The van der Waals surface area contributed by atoms with Crippen LogP contribution in [0.25, 0.3) is 0 Å². The maximum Gasteiger partial charge on any atom is 0.289 e. The van der Waals surface area contributed by atoms with Crippen LogP contribution in [0.3, 0.4) is 0 Å². The summed E-state index contributed by atoms with van der Waals surface area (Å²) in [5.41, 5.74) is 1.12. The van der Waals surface area contributed by atoms with Crippen molar-refractivity contribution in [1.29, 1.82) is 0 Å². The predicted molar refractivity (Wildman–Crippen MR) is 82.5 cm³/mol. The predicted octanol–water partition coefficient (Wildman–Crippen LogP) is 2.33. The number of benzene rings is 1. The number of sulfonamides is 1. The van der Waals surface area contributed by atoms with E-state index in [0.29, 0.717) is 22.6 Å². The molecule has 0 aliphatic rings. The molecular weight excluding hydrogens is 322 g/mol. The highest BCUT2D eigenvalue weighted by Crippen LogP contribution is 2.30. The van der Waals surface area contributed by atoms with Gasteiger partial charge in [0.2, 0.25) is 10.0 Å². The number of rotatable bonds is 5. The zero-order chi connectivity index (χ0) is 17.4. The van der Waals surface area contributed by atoms with Crippen LogP contribution in [0.2, 0.25) is 0 Å². The van der Waals surface area contributed by atoms with Crippen molar-refractivity contribution in [2.24, 2.45) is 0 Å². The van der Waals surface area contributed by atoms with Gasteiger partial charge in [-0.05, 0) is 26.3 Å². The van der Waals surface area contributed by atoms with E-state index in [1.54, 1.807) is 13.8 Å². The third-order valence-corrected chi connectivity index (χ3v) is 5.61. The monoisotopic (exact) mass is 339 g/mol. The lowest BCUT2D eigenvalue weighted by Gasteiger charge is -2.18. The number of aromatic nitrogens is 1. The Hall–Kier alpha value is -2.26. The molecule has 1 aromatic heterocycles. The Labute approximate surface area is 133 Å². The molecule has 0 atom stereocenters. The number of nitrogens with zero attached hydrogens (tertiary/aromatic N) is 3. The molecule has 2 aromatic rings. The fraction of sp³-hybridized carbons (Fsp3) is 0.357. The van der Waals surface area contributed by atoms with Crippen LogP contribution in [0.1, 0.15) is 22.6 Å². The van der Waals surface area contributed by atoms with Gasteiger partial charge in [0, 0.05) is 25.2 Å². The highest BCUT2D eigenvalue weighted by molar-refractivity contribution is 7.89. The van der Waals surface area contributed by atoms with E-state index >= 15 is 0 Å². The molecule has 0 aliphatic heterocycles. The zero-order valence-corrected chi connectivity index (χ0v) is 14.0. The summed E-state index contributed by atoms with van der Waals surface area (Å²) in [6, 6.07) is 4.17. The van der Waals surface area contributed by atoms with Crippen LogP contribution >= 0.6 is 0 Å². The van der Waals surface area contributed by atoms with Crippen molar-refractivity contribution in [2.45, 2.75) is 32.2 Å². The van der Waals surface area contributed by atoms with Crippen LogP contribution in [0.15, 0.2) is 27.6 Å². The quantitative estimate of drug-likeness (QED) is 0.611. The third-order valence-electron chi connectivity index (χ3n) is 3.62. The molecule has 0 radical (unpaired) electrons. The fourth-order valence-electron chi connectivity index (χ4n) is 2.31. The second-order valence-electron chi connectivity index (χ2n) is 5.24. The summed E-state index contributed by atoms with van der Waals surface area (Å²) in [7, 11) is -2.66. The molecule has 9 heteroatoms. The first-order chi connectivity index (χ1) is 10.7. The molecule has 124 valence electrons. The normalized spacial score (nSPS) is 11.9. The molecule has 0 aliphatic carbocycles. The van der Waals surface area contributed by atoms with Crippen molar-refractivity contribution in [3.05, 3.63) is 50.9 Å². The van der Waals surface area contributed by atoms with Gasteiger partial charge >= 0.3 is 0 Å². The number of hydrogen-bond donors (Lipinski definition) is 0. The van der Waals surface area contributed by atoms with Gasteiger partial charge in [-0.2, -0.15) is 4.31 Å². The van der Waals surface area contributed by atoms with Crippen LogP contribution in [0.4, 0.5) is 5.69 Å². The van der Waals surface area contributed by atoms with E-state index in [1.165, 1.54) is 32.2 Å². The molecule has 0 saturated carbocycles. The Morgan fingerprint density at radius 2 is 1.96 bits per heavy atom. The van der Waals surface area contributed by atoms with Crippen molar-refractivity contribution in [1.82, 2.24) is 9.46 Å². The third kappa shape index (κ3) is 3.10. The molecule has 0 amide bonds. The van der Waals surface area contributed by atoms with Gasteiger partial charge in [-0.25, -0.2) is 8.42 Å². The van der Waals surface area contributed by atoms with Gasteiger partial charge in [0.05, 0.1) is 10.6 Å². The van der Waals surface area contributed by atoms with E-state index in [2.05, 4.69) is 5.16 Å². The molecule has 0 spiro atoms. The highest BCUT2D eigenvalue weighted by atomic mass is 32.2. The molecule has 8 nitrogen and oxygen atoms in total. The molecule has 2 rings (SSSR count). The van der Waals surface area contributed by atoms with Crippen LogP contribution in [-0.4, -0.2) is 29.9 Å². The van der Waals surface area contributed by atoms with Crippen LogP contribution in [0.5, 0.6) is 0 Å². The fourth-order valence-corrected chi connectivity index (χ4v) is 3.80. The second kappa shape index (κ2) is 6.09. The second-order valence-corrected chi connectivity index (χ2v) is 7.23. The molecule has 0 saturated heterocycles. The number of hydrogen-bond acceptors (Lipinski definition) is 6. The Kier molecular flexibility index (Phi) is 4.53. The highest BCUT2D eigenvalue weighted by Gasteiger charge is 2.32. The topological polar surface area (TPSA) is 107 Å². The van der Waals surface area contributed by atoms with Gasteiger partial charge < -0.3 is 4.52 Å². The van der Waals surface area contributed by atoms with Gasteiger partial charge in [0.25, 0.3) is 5.69 Å². The van der Waals surface area contributed by atoms with E-state index in [1.807, 2.05) is 0 Å². The first-order valence-electron chi connectivity index (χ1n) is 6.78. The number of aryl methyl sites for hydroxylation is 3. The summed E-state index contributed by atoms with van der Waals surface area (Å²) >= 11 is 0. The lowest BCUT2D eigenvalue weighted by molar-refractivity contribution is -0.387. The van der Waals surface area contributed by atoms with Gasteiger partial charge in [-0.15, -0.1) is 0 Å². The summed E-state index contributed by atoms with van der Waals surface area (Å²) < 4.78 is 31.7. The van der Waals surface area contributed by atoms with Crippen LogP contribution in [-0.2, 0) is 16.6 Å². The average Bonchev–Trinajstić information content (AvgIpc) is 2.78. The van der Waals surface area contributed by atoms with Gasteiger partial charge in [-0.1, -0.05) is 17.3 Å². The van der Waals surface area contributed by atoms with Crippen molar-refractivity contribution >= 4 is 15.7 Å². The van der Waals surface area contributed by atoms with Crippen LogP contribution in [0, 0.1) is 30.9 Å². The molecule has 1 heterocycles. The average molecular weight is 339 g/mol. The SMILES string of the molecule is Cc1cccc([N+](=O)[O-])c1S(=O)(=O)N(C)Cc1c(C)noc1C. The van der Waals surface area contributed by atoms with E-state index in [0.717, 1.165) is 4.31 Å². The smallest absolute Gasteiger partial charge is 0.289 e. The molecule has 0 bridgehead atoms. The minimum atomic E-state index is -4.03. The van der Waals surface area contributed by atoms with Crippen LogP contribution < -0.4 is 0 Å². The van der Waals surface area contributed by atoms with Gasteiger partial charge in [-0.3, -0.25) is 10.1 Å². The summed E-state index contributed by atoms with van der Waals surface area (Å²) in [4.78, 5) is 10.2. The first kappa shape index (κ1) is 17.1. The van der Waals surface area contributed by atoms with Gasteiger partial charge in [0.15, 0.2) is 4.90 Å². The maximum atomic E-state index is 12.8. The summed E-state index contributed by atoms with van der Waals surface area (Å²) in [6.07, 6.45) is 0. The Bertz CT molecular complexity index is 838. The van der Waals surface area contributed by atoms with E-state index in [9.17, 15) is 18.5 Å². The molecule has 1 aromatic carbocycles. The molecule has 0 fully saturated rings. The Morgan fingerprint density at radius 1 is 1.30 bits per heavy atom. The number of nitro groups is 1. The van der Waals surface area contributed by atoms with Crippen molar-refractivity contribution in [3.8, 4) is 0 Å². The summed E-state index contributed by atoms with van der Waals surface area (Å²) in [6.45, 7) is 4.95. The standard InChI is InChI=1S/C14H17N3O5S/c1-9-6-5-7-13(17(18)19)14(9)23(20,21)16(4)8-12-10(2)15-22-11(12)3/h5-7H,8H2,1-4H3. The lowest BCUT2D eigenvalue weighted by Crippen LogP contribution is -2.28. The molecular formula is C14H17N3O5S. The number of nitro benzene ring substituents is 1. The first-order valence-corrected chi connectivity index (χ1v) is 8.22. The molecule has 23 heavy (non-hydrogen) atoms. The molecule has 0 unspecified atom stereocenters. The van der Waals surface area contributed by atoms with Crippen molar-refractivity contribution in [3.63, 3.8) is 0 Å². The van der Waals surface area contributed by atoms with Crippen molar-refractivity contribution < 1.29 is 17.9 Å². The largest absolute Gasteiger partial charge is 0.361 e. The summed E-state index contributed by atoms with van der Waals surface area (Å²) in [5, 5.41) is 14.9. The lowest BCUT2D eigenvalue weighted by atomic mass is 10.2. The maximum absolute atomic E-state index is 12.8. The Balaban J connectivity index is 2.49. The minimum absolute atomic E-state index is 0.0228. The zero-order valence-electron chi connectivity index (χ0n) is 13.2. The molecule has 0 N–H and O–H groups in total. The van der Waals surface area contributed by atoms with Crippen molar-refractivity contribution in [2.75, 3.05) is 7.05 Å². The minimum Gasteiger partial charge on any atom is -0.361 e. The van der Waals surface area contributed by atoms with E-state index < -0.39 is 20.6 Å².